The number of hydrogen-bond acceptors (Lipinski definition) is 9. The molecule has 3 aromatic rings. The first kappa shape index (κ1) is 28.8. The van der Waals surface area contributed by atoms with E-state index in [0.717, 1.165) is 23.9 Å². The number of ether oxygens (including phenoxy) is 4. The largest absolute Gasteiger partial charge is 0.456 e. The number of carbonyl (C=O) groups is 2. The number of imidazole rings is 1. The summed E-state index contributed by atoms with van der Waals surface area (Å²) in [5.41, 5.74) is 2.20. The summed E-state index contributed by atoms with van der Waals surface area (Å²) in [7, 11) is -3.66. The van der Waals surface area contributed by atoms with Gasteiger partial charge in [-0.2, -0.15) is 4.31 Å². The number of sulfonamides is 1. The lowest BCUT2D eigenvalue weighted by Crippen LogP contribution is -2.40. The van der Waals surface area contributed by atoms with Gasteiger partial charge in [0.1, 0.15) is 5.82 Å². The highest BCUT2D eigenvalue weighted by Crippen LogP contribution is 2.32. The second-order valence-electron chi connectivity index (χ2n) is 9.83. The molecule has 1 amide bonds. The van der Waals surface area contributed by atoms with Gasteiger partial charge in [-0.25, -0.2) is 13.4 Å². The Hall–Kier alpha value is -3.68. The standard InChI is InChI=1S/C28H34N4O8S/c1-2-3-10-32-23-6-5-21(41(35,36)31-11-13-37-14-12-31)16-22(23)30-26(32)8-9-28(34)38-18-27(33)29-17-20-4-7-24-25(15-20)40-19-39-24/h4-7,15-16H,2-3,8-14,17-19H2,1H3,(H,29,33). The van der Waals surface area contributed by atoms with E-state index >= 15 is 0 Å². The SMILES string of the molecule is CCCCn1c(CCC(=O)OCC(=O)NCc2ccc3c(c2)OCO3)nc2cc(S(=O)(=O)N3CCOCC3)ccc21. The van der Waals surface area contributed by atoms with Gasteiger partial charge in [0.15, 0.2) is 18.1 Å². The summed E-state index contributed by atoms with van der Waals surface area (Å²) in [5, 5.41) is 2.72. The molecule has 41 heavy (non-hydrogen) atoms. The number of aromatic nitrogens is 2. The molecule has 1 fully saturated rings. The summed E-state index contributed by atoms with van der Waals surface area (Å²) in [6.45, 7) is 4.19. The number of amides is 1. The minimum atomic E-state index is -3.66. The van der Waals surface area contributed by atoms with Crippen molar-refractivity contribution < 1.29 is 37.0 Å². The number of nitrogens with zero attached hydrogens (tertiary/aromatic N) is 3. The lowest BCUT2D eigenvalue weighted by Gasteiger charge is -2.26. The molecule has 1 saturated heterocycles. The molecule has 0 unspecified atom stereocenters. The Morgan fingerprint density at radius 2 is 1.88 bits per heavy atom. The number of morpholine rings is 1. The second kappa shape index (κ2) is 12.9. The summed E-state index contributed by atoms with van der Waals surface area (Å²) in [5.74, 6) is 1.02. The topological polar surface area (TPSA) is 138 Å². The van der Waals surface area contributed by atoms with Crippen LogP contribution in [-0.4, -0.2) is 73.9 Å². The number of rotatable bonds is 12. The fourth-order valence-corrected chi connectivity index (χ4v) is 6.18. The summed E-state index contributed by atoms with van der Waals surface area (Å²) in [4.78, 5) is 29.6. The van der Waals surface area contributed by atoms with Crippen molar-refractivity contribution in [2.24, 2.45) is 0 Å². The molecule has 0 bridgehead atoms. The van der Waals surface area contributed by atoms with Crippen molar-refractivity contribution in [2.75, 3.05) is 39.7 Å². The maximum Gasteiger partial charge on any atom is 0.306 e. The van der Waals surface area contributed by atoms with Gasteiger partial charge in [-0.1, -0.05) is 19.4 Å². The van der Waals surface area contributed by atoms with Gasteiger partial charge >= 0.3 is 5.97 Å². The molecule has 1 aromatic heterocycles. The fraction of sp³-hybridized carbons (Fsp3) is 0.464. The summed E-state index contributed by atoms with van der Waals surface area (Å²) in [6.07, 6.45) is 2.19. The molecule has 2 aliphatic heterocycles. The molecule has 12 nitrogen and oxygen atoms in total. The first-order valence-electron chi connectivity index (χ1n) is 13.7. The highest BCUT2D eigenvalue weighted by molar-refractivity contribution is 7.89. The molecular formula is C28H34N4O8S. The first-order chi connectivity index (χ1) is 19.8. The molecule has 2 aliphatic rings. The first-order valence-corrected chi connectivity index (χ1v) is 15.2. The summed E-state index contributed by atoms with van der Waals surface area (Å²) in [6, 6.07) is 10.4. The molecular weight excluding hydrogens is 552 g/mol. The van der Waals surface area contributed by atoms with Gasteiger partial charge in [0, 0.05) is 32.6 Å². The lowest BCUT2D eigenvalue weighted by atomic mass is 10.2. The zero-order valence-electron chi connectivity index (χ0n) is 23.0. The van der Waals surface area contributed by atoms with E-state index < -0.39 is 28.5 Å². The highest BCUT2D eigenvalue weighted by atomic mass is 32.2. The molecule has 13 heteroatoms. The Morgan fingerprint density at radius 3 is 2.68 bits per heavy atom. The number of unbranched alkanes of at least 4 members (excludes halogenated alkanes) is 1. The predicted octanol–water partition coefficient (Wildman–Crippen LogP) is 2.38. The van der Waals surface area contributed by atoms with Crippen molar-refractivity contribution in [1.29, 1.82) is 0 Å². The average Bonchev–Trinajstić information content (AvgIpc) is 3.60. The van der Waals surface area contributed by atoms with Gasteiger partial charge in [-0.3, -0.25) is 9.59 Å². The maximum atomic E-state index is 13.1. The zero-order chi connectivity index (χ0) is 28.8. The number of fused-ring (bicyclic) bond motifs is 2. The van der Waals surface area contributed by atoms with Crippen LogP contribution in [0.25, 0.3) is 11.0 Å². The van der Waals surface area contributed by atoms with Crippen LogP contribution in [0, 0.1) is 0 Å². The molecule has 0 aliphatic carbocycles. The van der Waals surface area contributed by atoms with Crippen LogP contribution in [0.4, 0.5) is 0 Å². The molecule has 3 heterocycles. The van der Waals surface area contributed by atoms with Gasteiger partial charge < -0.3 is 28.8 Å². The molecule has 0 radical (unpaired) electrons. The minimum absolute atomic E-state index is 0.0316. The van der Waals surface area contributed by atoms with Crippen LogP contribution >= 0.6 is 0 Å². The lowest BCUT2D eigenvalue weighted by molar-refractivity contribution is -0.148. The third kappa shape index (κ3) is 6.80. The van der Waals surface area contributed by atoms with Crippen LogP contribution < -0.4 is 14.8 Å². The molecule has 1 N–H and O–H groups in total. The number of esters is 1. The van der Waals surface area contributed by atoms with Gasteiger partial charge in [0.2, 0.25) is 16.8 Å². The van der Waals surface area contributed by atoms with Crippen molar-refractivity contribution in [2.45, 2.75) is 50.6 Å². The fourth-order valence-electron chi connectivity index (χ4n) is 4.75. The Balaban J connectivity index is 1.18. The molecule has 2 aromatic carbocycles. The molecule has 0 spiro atoms. The van der Waals surface area contributed by atoms with Crippen LogP contribution in [0.2, 0.25) is 0 Å². The maximum absolute atomic E-state index is 13.1. The second-order valence-corrected chi connectivity index (χ2v) is 11.8. The Labute approximate surface area is 238 Å². The number of benzene rings is 2. The van der Waals surface area contributed by atoms with Crippen LogP contribution in [0.15, 0.2) is 41.3 Å². The zero-order valence-corrected chi connectivity index (χ0v) is 23.8. The van der Waals surface area contributed by atoms with E-state index in [1.54, 1.807) is 30.3 Å². The van der Waals surface area contributed by atoms with E-state index in [1.807, 2.05) is 10.6 Å². The van der Waals surface area contributed by atoms with Crippen molar-refractivity contribution in [3.8, 4) is 11.5 Å². The number of nitrogens with one attached hydrogen (secondary N) is 1. The van der Waals surface area contributed by atoms with E-state index in [4.69, 9.17) is 18.9 Å². The van der Waals surface area contributed by atoms with Gasteiger partial charge in [0.05, 0.1) is 35.6 Å². The Morgan fingerprint density at radius 1 is 1.07 bits per heavy atom. The third-order valence-electron chi connectivity index (χ3n) is 6.99. The summed E-state index contributed by atoms with van der Waals surface area (Å²) < 4.78 is 50.8. The summed E-state index contributed by atoms with van der Waals surface area (Å²) >= 11 is 0. The van der Waals surface area contributed by atoms with Crippen LogP contribution in [0.1, 0.15) is 37.6 Å². The Bertz CT molecular complexity index is 1510. The van der Waals surface area contributed by atoms with Crippen LogP contribution in [0.3, 0.4) is 0 Å². The smallest absolute Gasteiger partial charge is 0.306 e. The number of hydrogen-bond donors (Lipinski definition) is 1. The van der Waals surface area contributed by atoms with Gasteiger partial charge in [-0.15, -0.1) is 0 Å². The number of aryl methyl sites for hydroxylation is 2. The molecule has 0 saturated carbocycles. The normalized spacial score (nSPS) is 15.2. The van der Waals surface area contributed by atoms with E-state index in [2.05, 4.69) is 17.2 Å². The van der Waals surface area contributed by atoms with Crippen molar-refractivity contribution in [3.63, 3.8) is 0 Å². The predicted molar refractivity (Wildman–Crippen MR) is 148 cm³/mol. The highest BCUT2D eigenvalue weighted by Gasteiger charge is 2.27. The van der Waals surface area contributed by atoms with E-state index in [-0.39, 0.29) is 24.7 Å². The average molecular weight is 587 g/mol. The van der Waals surface area contributed by atoms with Crippen molar-refractivity contribution >= 4 is 32.9 Å². The Kier molecular flexibility index (Phi) is 9.06. The molecule has 0 atom stereocenters. The molecule has 220 valence electrons. The van der Waals surface area contributed by atoms with Crippen molar-refractivity contribution in [3.05, 3.63) is 47.8 Å². The third-order valence-corrected chi connectivity index (χ3v) is 8.88. The monoisotopic (exact) mass is 586 g/mol. The number of carbonyl (C=O) groups excluding carboxylic acids is 2. The van der Waals surface area contributed by atoms with Crippen molar-refractivity contribution in [1.82, 2.24) is 19.2 Å². The van der Waals surface area contributed by atoms with E-state index in [9.17, 15) is 18.0 Å². The van der Waals surface area contributed by atoms with Crippen LogP contribution in [-0.2, 0) is 48.6 Å². The minimum Gasteiger partial charge on any atom is -0.456 e. The quantitative estimate of drug-likeness (QED) is 0.317. The van der Waals surface area contributed by atoms with E-state index in [1.165, 1.54) is 4.31 Å². The molecule has 5 rings (SSSR count). The van der Waals surface area contributed by atoms with Gasteiger partial charge in [0.25, 0.3) is 5.91 Å². The van der Waals surface area contributed by atoms with E-state index in [0.29, 0.717) is 62.1 Å². The van der Waals surface area contributed by atoms with Gasteiger partial charge in [-0.05, 0) is 42.3 Å². The van der Waals surface area contributed by atoms with Crippen LogP contribution in [0.5, 0.6) is 11.5 Å².